The number of nitrogens with zero attached hydrogens (tertiary/aromatic N) is 4. The summed E-state index contributed by atoms with van der Waals surface area (Å²) >= 11 is 0. The Morgan fingerprint density at radius 2 is 1.60 bits per heavy atom. The number of anilines is 1. The fraction of sp³-hybridized carbons (Fsp3) is 0.682. The summed E-state index contributed by atoms with van der Waals surface area (Å²) in [6.45, 7) is 5.25. The van der Waals surface area contributed by atoms with Crippen LogP contribution in [-0.4, -0.2) is 36.4 Å². The number of nitriles is 1. The topological polar surface area (TPSA) is 105 Å². The smallest absolute Gasteiger partial charge is 0.211 e. The predicted molar refractivity (Wildman–Crippen MR) is 125 cm³/mol. The molecule has 2 N–H and O–H groups in total. The van der Waals surface area contributed by atoms with Crippen LogP contribution in [0.25, 0.3) is 0 Å². The predicted octanol–water partition coefficient (Wildman–Crippen LogP) is 5.53. The molecule has 1 aromatic rings. The Kier molecular flexibility index (Phi) is 13.8. The van der Waals surface area contributed by atoms with E-state index in [1.54, 1.807) is 18.6 Å². The van der Waals surface area contributed by atoms with Gasteiger partial charge in [-0.05, 0) is 25.0 Å². The van der Waals surface area contributed by atoms with E-state index in [1.165, 1.54) is 32.1 Å². The normalized spacial score (nSPS) is 12.0. The summed E-state index contributed by atoms with van der Waals surface area (Å²) in [5.74, 6) is 0.224. The molecule has 0 spiro atoms. The Morgan fingerprint density at radius 3 is 2.13 bits per heavy atom. The van der Waals surface area contributed by atoms with Crippen LogP contribution in [0.2, 0.25) is 0 Å². The third kappa shape index (κ3) is 10.8. The molecule has 0 saturated heterocycles. The molecule has 0 aliphatic carbocycles. The summed E-state index contributed by atoms with van der Waals surface area (Å²) < 4.78 is 17.7. The van der Waals surface area contributed by atoms with Crippen LogP contribution in [0.5, 0.6) is 0 Å². The first kappa shape index (κ1) is 26.1. The van der Waals surface area contributed by atoms with E-state index >= 15 is 0 Å². The first-order valence-electron chi connectivity index (χ1n) is 11.2. The van der Waals surface area contributed by atoms with Crippen molar-refractivity contribution in [1.29, 1.82) is 5.26 Å². The molecule has 0 fully saturated rings. The van der Waals surface area contributed by atoms with Gasteiger partial charge in [0.25, 0.3) is 0 Å². The summed E-state index contributed by atoms with van der Waals surface area (Å²) in [6.07, 6.45) is 16.8. The van der Waals surface area contributed by atoms with Gasteiger partial charge in [-0.2, -0.15) is 5.26 Å². The number of hydrogen-bond acceptors (Lipinski definition) is 5. The van der Waals surface area contributed by atoms with Crippen molar-refractivity contribution in [1.82, 2.24) is 4.98 Å². The number of pyridine rings is 1. The van der Waals surface area contributed by atoms with Crippen LogP contribution in [0.4, 0.5) is 5.69 Å². The minimum atomic E-state index is -2.33. The molecule has 0 radical (unpaired) electrons. The van der Waals surface area contributed by atoms with Gasteiger partial charge in [0.1, 0.15) is 0 Å². The minimum absolute atomic E-state index is 0.224. The van der Waals surface area contributed by atoms with Gasteiger partial charge in [-0.15, -0.1) is 4.99 Å². The van der Waals surface area contributed by atoms with Crippen molar-refractivity contribution in [2.45, 2.75) is 71.6 Å². The quantitative estimate of drug-likeness (QED) is 0.120. The summed E-state index contributed by atoms with van der Waals surface area (Å²) in [5.41, 5.74) is 6.84. The maximum Gasteiger partial charge on any atom is 0.211 e. The van der Waals surface area contributed by atoms with Gasteiger partial charge in [-0.25, -0.2) is 0 Å². The van der Waals surface area contributed by atoms with Crippen LogP contribution < -0.4 is 10.6 Å². The summed E-state index contributed by atoms with van der Waals surface area (Å²) in [7, 11) is -2.33. The number of hydrogen-bond donors (Lipinski definition) is 1. The number of nitrogens with two attached hydrogens (primary N) is 1. The Labute approximate surface area is 182 Å². The molecule has 7 nitrogen and oxygen atoms in total. The first-order valence-corrected chi connectivity index (χ1v) is 13.2. The standard InChI is InChI=1S/C22H38N5O2P/c1-3-30(28,4-2)29-19-13-11-9-7-5-6-8-10-12-18-27(22(24)26-20-23)21-14-16-25-17-15-21/h14-17H,3-13,18-19H2,1-2H3,(H2,24,26). The van der Waals surface area contributed by atoms with Gasteiger partial charge in [0.15, 0.2) is 0 Å². The van der Waals surface area contributed by atoms with Crippen molar-refractivity contribution in [2.75, 3.05) is 30.4 Å². The third-order valence-corrected chi connectivity index (χ3v) is 7.81. The fourth-order valence-corrected chi connectivity index (χ4v) is 4.53. The molecule has 0 aromatic carbocycles. The van der Waals surface area contributed by atoms with Gasteiger partial charge >= 0.3 is 0 Å². The highest BCUT2D eigenvalue weighted by molar-refractivity contribution is 7.58. The van der Waals surface area contributed by atoms with E-state index in [0.717, 1.165) is 37.9 Å². The molecule has 0 atom stereocenters. The third-order valence-electron chi connectivity index (χ3n) is 5.23. The SMILES string of the molecule is CCP(=O)(CC)OCCCCCCCCCCCN(C(N)=NC#N)c1ccncc1. The van der Waals surface area contributed by atoms with Crippen LogP contribution in [0, 0.1) is 11.5 Å². The van der Waals surface area contributed by atoms with Gasteiger partial charge in [0.05, 0.1) is 6.61 Å². The van der Waals surface area contributed by atoms with Gasteiger partial charge < -0.3 is 15.2 Å². The van der Waals surface area contributed by atoms with Crippen molar-refractivity contribution in [3.8, 4) is 6.19 Å². The molecular weight excluding hydrogens is 397 g/mol. The molecule has 0 aliphatic rings. The van der Waals surface area contributed by atoms with Crippen molar-refractivity contribution >= 4 is 19.0 Å². The Balaban J connectivity index is 2.10. The molecule has 1 rings (SSSR count). The molecule has 30 heavy (non-hydrogen) atoms. The zero-order valence-corrected chi connectivity index (χ0v) is 19.5. The van der Waals surface area contributed by atoms with E-state index in [2.05, 4.69) is 9.98 Å². The average Bonchev–Trinajstić information content (AvgIpc) is 2.77. The number of unbranched alkanes of at least 4 members (excludes halogenated alkanes) is 8. The lowest BCUT2D eigenvalue weighted by molar-refractivity contribution is 0.302. The second kappa shape index (κ2) is 15.9. The van der Waals surface area contributed by atoms with Crippen LogP contribution >= 0.6 is 7.37 Å². The molecular formula is C22H38N5O2P. The van der Waals surface area contributed by atoms with Crippen LogP contribution in [0.3, 0.4) is 0 Å². The lowest BCUT2D eigenvalue weighted by Crippen LogP contribution is -2.38. The summed E-state index contributed by atoms with van der Waals surface area (Å²) in [5, 5.41) is 8.77. The monoisotopic (exact) mass is 435 g/mol. The number of aromatic nitrogens is 1. The largest absolute Gasteiger partial charge is 0.369 e. The van der Waals surface area contributed by atoms with E-state index in [1.807, 2.05) is 30.9 Å². The van der Waals surface area contributed by atoms with E-state index in [0.29, 0.717) is 18.9 Å². The lowest BCUT2D eigenvalue weighted by atomic mass is 10.1. The summed E-state index contributed by atoms with van der Waals surface area (Å²) in [6, 6.07) is 3.74. The van der Waals surface area contributed by atoms with Gasteiger partial charge in [-0.1, -0.05) is 58.8 Å². The highest BCUT2D eigenvalue weighted by atomic mass is 31.2. The molecule has 8 heteroatoms. The van der Waals surface area contributed by atoms with E-state index in [9.17, 15) is 4.57 Å². The van der Waals surface area contributed by atoms with Crippen LogP contribution in [0.1, 0.15) is 71.6 Å². The van der Waals surface area contributed by atoms with Gasteiger partial charge in [-0.3, -0.25) is 9.55 Å². The molecule has 0 bridgehead atoms. The maximum atomic E-state index is 12.1. The van der Waals surface area contributed by atoms with Crippen molar-refractivity contribution < 1.29 is 9.09 Å². The second-order valence-electron chi connectivity index (χ2n) is 7.39. The lowest BCUT2D eigenvalue weighted by Gasteiger charge is -2.22. The molecule has 1 aromatic heterocycles. The van der Waals surface area contributed by atoms with E-state index in [4.69, 9.17) is 15.5 Å². The van der Waals surface area contributed by atoms with Crippen molar-refractivity contribution in [3.05, 3.63) is 24.5 Å². The molecule has 168 valence electrons. The molecule has 1 heterocycles. The molecule has 0 saturated carbocycles. The number of guanidine groups is 1. The van der Waals surface area contributed by atoms with Crippen molar-refractivity contribution in [3.63, 3.8) is 0 Å². The van der Waals surface area contributed by atoms with E-state index in [-0.39, 0.29) is 5.96 Å². The van der Waals surface area contributed by atoms with Crippen molar-refractivity contribution in [2.24, 2.45) is 10.7 Å². The average molecular weight is 436 g/mol. The zero-order chi connectivity index (χ0) is 22.1. The van der Waals surface area contributed by atoms with E-state index < -0.39 is 7.37 Å². The second-order valence-corrected chi connectivity index (χ2v) is 10.5. The van der Waals surface area contributed by atoms with Crippen LogP contribution in [-0.2, 0) is 9.09 Å². The molecule has 0 amide bonds. The highest BCUT2D eigenvalue weighted by Crippen LogP contribution is 2.45. The first-order chi connectivity index (χ1) is 14.6. The Hall–Kier alpha value is -1.90. The number of aliphatic imine (C=N–C) groups is 1. The molecule has 0 unspecified atom stereocenters. The van der Waals surface area contributed by atoms with Gasteiger partial charge in [0.2, 0.25) is 19.5 Å². The van der Waals surface area contributed by atoms with Crippen LogP contribution in [0.15, 0.2) is 29.5 Å². The number of rotatable bonds is 16. The zero-order valence-electron chi connectivity index (χ0n) is 18.6. The minimum Gasteiger partial charge on any atom is -0.369 e. The summed E-state index contributed by atoms with van der Waals surface area (Å²) in [4.78, 5) is 9.56. The Morgan fingerprint density at radius 1 is 1.07 bits per heavy atom. The fourth-order valence-electron chi connectivity index (χ4n) is 3.26. The van der Waals surface area contributed by atoms with Gasteiger partial charge in [0, 0.05) is 36.9 Å². The highest BCUT2D eigenvalue weighted by Gasteiger charge is 2.16. The Bertz CT molecular complexity index is 683. The molecule has 0 aliphatic heterocycles. The maximum absolute atomic E-state index is 12.1.